The van der Waals surface area contributed by atoms with Gasteiger partial charge in [0.1, 0.15) is 5.75 Å². The number of halogens is 2. The van der Waals surface area contributed by atoms with E-state index >= 15 is 0 Å². The molecular formula is C11H10F2O3. The highest BCUT2D eigenvalue weighted by Crippen LogP contribution is 2.48. The number of hydrogen-bond acceptors (Lipinski definition) is 2. The van der Waals surface area contributed by atoms with Crippen LogP contribution in [0.5, 0.6) is 5.75 Å². The van der Waals surface area contributed by atoms with Gasteiger partial charge in [-0.05, 0) is 25.0 Å². The molecule has 1 aromatic carbocycles. The molecule has 2 N–H and O–H groups in total. The fourth-order valence-corrected chi connectivity index (χ4v) is 2.10. The number of aromatic hydroxyl groups is 1. The van der Waals surface area contributed by atoms with Crippen LogP contribution in [-0.2, 0) is 10.2 Å². The second-order valence-electron chi connectivity index (χ2n) is 4.00. The average Bonchev–Trinajstić information content (AvgIpc) is 2.15. The van der Waals surface area contributed by atoms with Crippen LogP contribution in [0, 0.1) is 11.6 Å². The lowest BCUT2D eigenvalue weighted by Gasteiger charge is -2.38. The van der Waals surface area contributed by atoms with Crippen molar-refractivity contribution in [2.24, 2.45) is 0 Å². The summed E-state index contributed by atoms with van der Waals surface area (Å²) in [7, 11) is 0. The zero-order chi connectivity index (χ0) is 11.9. The molecule has 0 bridgehead atoms. The maximum atomic E-state index is 13.5. The molecule has 0 amide bonds. The van der Waals surface area contributed by atoms with Crippen LogP contribution in [0.2, 0.25) is 0 Å². The van der Waals surface area contributed by atoms with Gasteiger partial charge in [0.15, 0.2) is 11.6 Å². The van der Waals surface area contributed by atoms with Crippen molar-refractivity contribution >= 4 is 5.97 Å². The van der Waals surface area contributed by atoms with Crippen LogP contribution in [-0.4, -0.2) is 16.2 Å². The summed E-state index contributed by atoms with van der Waals surface area (Å²) in [4.78, 5) is 11.1. The molecule has 0 heterocycles. The number of benzene rings is 1. The number of aliphatic carboxylic acids is 1. The van der Waals surface area contributed by atoms with Gasteiger partial charge in [0.2, 0.25) is 0 Å². The first kappa shape index (κ1) is 10.9. The number of phenols is 1. The molecule has 1 aliphatic carbocycles. The van der Waals surface area contributed by atoms with Crippen LogP contribution < -0.4 is 0 Å². The quantitative estimate of drug-likeness (QED) is 0.815. The predicted octanol–water partition coefficient (Wildman–Crippen LogP) is 2.18. The Morgan fingerprint density at radius 3 is 2.38 bits per heavy atom. The Morgan fingerprint density at radius 1 is 1.31 bits per heavy atom. The summed E-state index contributed by atoms with van der Waals surface area (Å²) < 4.78 is 26.6. The van der Waals surface area contributed by atoms with Crippen LogP contribution in [0.25, 0.3) is 0 Å². The van der Waals surface area contributed by atoms with Crippen LogP contribution in [0.1, 0.15) is 24.8 Å². The number of carboxylic acid groups (broad SMARTS) is 1. The van der Waals surface area contributed by atoms with Gasteiger partial charge in [0.25, 0.3) is 0 Å². The van der Waals surface area contributed by atoms with E-state index in [-0.39, 0.29) is 12.8 Å². The molecule has 0 aromatic heterocycles. The molecular weight excluding hydrogens is 218 g/mol. The van der Waals surface area contributed by atoms with Crippen molar-refractivity contribution < 1.29 is 23.8 Å². The lowest BCUT2D eigenvalue weighted by atomic mass is 9.64. The molecule has 0 radical (unpaired) electrons. The third kappa shape index (κ3) is 1.27. The predicted molar refractivity (Wildman–Crippen MR) is 51.2 cm³/mol. The molecule has 1 saturated carbocycles. The number of phenolic OH excluding ortho intramolecular Hbond substituents is 1. The largest absolute Gasteiger partial charge is 0.508 e. The molecule has 1 aliphatic rings. The molecule has 86 valence electrons. The second-order valence-corrected chi connectivity index (χ2v) is 4.00. The highest BCUT2D eigenvalue weighted by molar-refractivity contribution is 5.83. The highest BCUT2D eigenvalue weighted by Gasteiger charge is 2.49. The first-order valence-electron chi connectivity index (χ1n) is 4.90. The molecule has 0 saturated heterocycles. The summed E-state index contributed by atoms with van der Waals surface area (Å²) >= 11 is 0. The molecule has 0 atom stereocenters. The Balaban J connectivity index is 2.63. The first-order chi connectivity index (χ1) is 7.49. The van der Waals surface area contributed by atoms with Crippen molar-refractivity contribution in [3.63, 3.8) is 0 Å². The fraction of sp³-hybridized carbons (Fsp3) is 0.364. The van der Waals surface area contributed by atoms with Gasteiger partial charge in [-0.1, -0.05) is 6.42 Å². The van der Waals surface area contributed by atoms with Gasteiger partial charge in [-0.25, -0.2) is 8.78 Å². The average molecular weight is 228 g/mol. The van der Waals surface area contributed by atoms with Crippen molar-refractivity contribution in [2.45, 2.75) is 24.7 Å². The van der Waals surface area contributed by atoms with Gasteiger partial charge in [0.05, 0.1) is 5.41 Å². The van der Waals surface area contributed by atoms with Crippen molar-refractivity contribution in [1.82, 2.24) is 0 Å². The normalized spacial score (nSPS) is 17.9. The third-order valence-electron chi connectivity index (χ3n) is 3.17. The zero-order valence-corrected chi connectivity index (χ0v) is 8.33. The van der Waals surface area contributed by atoms with Gasteiger partial charge in [-0.15, -0.1) is 0 Å². The molecule has 3 nitrogen and oxygen atoms in total. The maximum Gasteiger partial charge on any atom is 0.314 e. The Morgan fingerprint density at radius 2 is 1.94 bits per heavy atom. The van der Waals surface area contributed by atoms with Gasteiger partial charge in [-0.2, -0.15) is 0 Å². The fourth-order valence-electron chi connectivity index (χ4n) is 2.10. The number of carbonyl (C=O) groups is 1. The number of hydrogen-bond donors (Lipinski definition) is 2. The molecule has 1 fully saturated rings. The monoisotopic (exact) mass is 228 g/mol. The zero-order valence-electron chi connectivity index (χ0n) is 8.33. The summed E-state index contributed by atoms with van der Waals surface area (Å²) in [5.74, 6) is -4.12. The van der Waals surface area contributed by atoms with E-state index in [1.165, 1.54) is 0 Å². The minimum atomic E-state index is -1.46. The summed E-state index contributed by atoms with van der Waals surface area (Å²) in [6, 6.07) is 1.76. The van der Waals surface area contributed by atoms with E-state index in [1.807, 2.05) is 0 Å². The third-order valence-corrected chi connectivity index (χ3v) is 3.17. The van der Waals surface area contributed by atoms with Crippen LogP contribution in [0.15, 0.2) is 12.1 Å². The molecule has 16 heavy (non-hydrogen) atoms. The van der Waals surface area contributed by atoms with Crippen molar-refractivity contribution in [2.75, 3.05) is 0 Å². The summed E-state index contributed by atoms with van der Waals surface area (Å²) in [5, 5.41) is 18.6. The Labute approximate surface area is 90.3 Å². The smallest absolute Gasteiger partial charge is 0.314 e. The van der Waals surface area contributed by atoms with Gasteiger partial charge in [-0.3, -0.25) is 4.79 Å². The van der Waals surface area contributed by atoms with E-state index in [0.29, 0.717) is 6.42 Å². The Bertz CT molecular complexity index is 453. The lowest BCUT2D eigenvalue weighted by molar-refractivity contribution is -0.147. The van der Waals surface area contributed by atoms with E-state index in [2.05, 4.69) is 0 Å². The number of rotatable bonds is 2. The highest BCUT2D eigenvalue weighted by atomic mass is 19.2. The van der Waals surface area contributed by atoms with Crippen molar-refractivity contribution in [3.8, 4) is 5.75 Å². The van der Waals surface area contributed by atoms with Crippen LogP contribution >= 0.6 is 0 Å². The van der Waals surface area contributed by atoms with E-state index in [4.69, 9.17) is 5.11 Å². The van der Waals surface area contributed by atoms with Crippen LogP contribution in [0.3, 0.4) is 0 Å². The van der Waals surface area contributed by atoms with Gasteiger partial charge < -0.3 is 10.2 Å². The van der Waals surface area contributed by atoms with Crippen molar-refractivity contribution in [3.05, 3.63) is 29.3 Å². The van der Waals surface area contributed by atoms with E-state index < -0.39 is 34.3 Å². The molecule has 0 unspecified atom stereocenters. The van der Waals surface area contributed by atoms with Crippen LogP contribution in [0.4, 0.5) is 8.78 Å². The van der Waals surface area contributed by atoms with E-state index in [0.717, 1.165) is 12.1 Å². The second kappa shape index (κ2) is 3.43. The summed E-state index contributed by atoms with van der Waals surface area (Å²) in [6.07, 6.45) is 1.06. The standard InChI is InChI=1S/C11H10F2O3/c12-6-2-3-7(14)8(9(6)13)11(10(15)16)4-1-5-11/h2-3,14H,1,4-5H2,(H,15,16). The minimum Gasteiger partial charge on any atom is -0.508 e. The molecule has 0 spiro atoms. The summed E-state index contributed by atoms with van der Waals surface area (Å²) in [6.45, 7) is 0. The molecule has 0 aliphatic heterocycles. The molecule has 2 rings (SSSR count). The van der Waals surface area contributed by atoms with Crippen molar-refractivity contribution in [1.29, 1.82) is 0 Å². The Kier molecular flexibility index (Phi) is 2.33. The minimum absolute atomic E-state index is 0.219. The topological polar surface area (TPSA) is 57.5 Å². The lowest BCUT2D eigenvalue weighted by Crippen LogP contribution is -2.43. The first-order valence-corrected chi connectivity index (χ1v) is 4.90. The van der Waals surface area contributed by atoms with E-state index in [9.17, 15) is 18.7 Å². The van der Waals surface area contributed by atoms with Gasteiger partial charge in [0, 0.05) is 5.56 Å². The van der Waals surface area contributed by atoms with Gasteiger partial charge >= 0.3 is 5.97 Å². The SMILES string of the molecule is O=C(O)C1(c2c(O)ccc(F)c2F)CCC1. The maximum absolute atomic E-state index is 13.5. The Hall–Kier alpha value is -1.65. The molecule has 5 heteroatoms. The summed E-state index contributed by atoms with van der Waals surface area (Å²) in [5.41, 5.74) is -1.89. The van der Waals surface area contributed by atoms with E-state index in [1.54, 1.807) is 0 Å². The molecule has 1 aromatic rings. The number of carboxylic acids is 1.